The summed E-state index contributed by atoms with van der Waals surface area (Å²) in [6.07, 6.45) is 3.48. The van der Waals surface area contributed by atoms with E-state index in [1.807, 2.05) is 0 Å². The van der Waals surface area contributed by atoms with Crippen molar-refractivity contribution in [3.63, 3.8) is 0 Å². The molecule has 2 rings (SSSR count). The molecule has 0 aromatic carbocycles. The summed E-state index contributed by atoms with van der Waals surface area (Å²) in [6.45, 7) is 0.765. The van der Waals surface area contributed by atoms with E-state index in [9.17, 15) is 4.79 Å². The number of nitrogens with one attached hydrogen (secondary N) is 2. The Hall–Kier alpha value is -1.32. The van der Waals surface area contributed by atoms with Crippen LogP contribution in [0.15, 0.2) is 6.20 Å². The molecule has 0 spiro atoms. The molecule has 1 amide bonds. The summed E-state index contributed by atoms with van der Waals surface area (Å²) in [5.74, 6) is -0.00810. The predicted molar refractivity (Wildman–Crippen MR) is 39.2 cm³/mol. The molecular weight excluding hydrogens is 142 g/mol. The van der Waals surface area contributed by atoms with Gasteiger partial charge in [0.1, 0.15) is 0 Å². The van der Waals surface area contributed by atoms with Gasteiger partial charge in [0.2, 0.25) is 0 Å². The van der Waals surface area contributed by atoms with Crippen molar-refractivity contribution >= 4 is 5.91 Å². The van der Waals surface area contributed by atoms with Crippen LogP contribution in [0.4, 0.5) is 0 Å². The number of hydrogen-bond acceptors (Lipinski definition) is 2. The number of fused-ring (bicyclic) bond motifs is 1. The molecule has 1 aromatic heterocycles. The summed E-state index contributed by atoms with van der Waals surface area (Å²) in [4.78, 5) is 11.2. The lowest BCUT2D eigenvalue weighted by molar-refractivity contribution is 0.0956. The summed E-state index contributed by atoms with van der Waals surface area (Å²) in [5.41, 5.74) is 1.66. The molecule has 0 unspecified atom stereocenters. The number of amides is 1. The van der Waals surface area contributed by atoms with Crippen molar-refractivity contribution in [2.24, 2.45) is 0 Å². The summed E-state index contributed by atoms with van der Waals surface area (Å²) in [5, 5.41) is 9.42. The third kappa shape index (κ3) is 1.00. The maximum Gasteiger partial charge on any atom is 0.254 e. The number of carbonyl (C=O) groups is 1. The zero-order chi connectivity index (χ0) is 7.68. The number of nitrogens with zero attached hydrogens (tertiary/aromatic N) is 1. The highest BCUT2D eigenvalue weighted by atomic mass is 16.1. The molecule has 1 aliphatic heterocycles. The molecule has 0 bridgehead atoms. The predicted octanol–water partition coefficient (Wildman–Crippen LogP) is 0.0857. The van der Waals surface area contributed by atoms with Crippen molar-refractivity contribution < 1.29 is 4.79 Å². The number of aromatic amines is 1. The lowest BCUT2D eigenvalue weighted by Gasteiger charge is -1.95. The van der Waals surface area contributed by atoms with Gasteiger partial charge in [-0.15, -0.1) is 0 Å². The maximum absolute atomic E-state index is 11.2. The van der Waals surface area contributed by atoms with Gasteiger partial charge in [0, 0.05) is 12.2 Å². The average Bonchev–Trinajstić information content (AvgIpc) is 2.40. The minimum absolute atomic E-state index is 0.00810. The van der Waals surface area contributed by atoms with Crippen molar-refractivity contribution in [3.8, 4) is 0 Å². The Kier molecular flexibility index (Phi) is 1.38. The minimum Gasteiger partial charge on any atom is -0.352 e. The summed E-state index contributed by atoms with van der Waals surface area (Å²) < 4.78 is 0. The van der Waals surface area contributed by atoms with Crippen LogP contribution < -0.4 is 5.32 Å². The van der Waals surface area contributed by atoms with E-state index in [4.69, 9.17) is 0 Å². The molecule has 2 N–H and O–H groups in total. The Morgan fingerprint density at radius 3 is 3.36 bits per heavy atom. The van der Waals surface area contributed by atoms with Crippen molar-refractivity contribution in [1.29, 1.82) is 0 Å². The minimum atomic E-state index is -0.00810. The number of carbonyl (C=O) groups excluding carboxylic acids is 1. The molecule has 0 atom stereocenters. The number of H-pyrrole nitrogens is 1. The zero-order valence-corrected chi connectivity index (χ0v) is 6.05. The highest BCUT2D eigenvalue weighted by molar-refractivity contribution is 5.95. The molecule has 4 heteroatoms. The number of aromatic nitrogens is 2. The van der Waals surface area contributed by atoms with E-state index < -0.39 is 0 Å². The summed E-state index contributed by atoms with van der Waals surface area (Å²) in [7, 11) is 0. The Bertz CT molecular complexity index is 279. The van der Waals surface area contributed by atoms with Gasteiger partial charge in [0.15, 0.2) is 0 Å². The van der Waals surface area contributed by atoms with Gasteiger partial charge in [-0.25, -0.2) is 0 Å². The first-order valence-electron chi connectivity index (χ1n) is 3.68. The van der Waals surface area contributed by atoms with Gasteiger partial charge < -0.3 is 5.32 Å². The molecule has 0 aliphatic carbocycles. The third-order valence-corrected chi connectivity index (χ3v) is 1.85. The van der Waals surface area contributed by atoms with Crippen LogP contribution in [0.3, 0.4) is 0 Å². The number of rotatable bonds is 0. The van der Waals surface area contributed by atoms with E-state index in [1.165, 1.54) is 0 Å². The fraction of sp³-hybridized carbons (Fsp3) is 0.429. The quantitative estimate of drug-likeness (QED) is 0.552. The van der Waals surface area contributed by atoms with Crippen LogP contribution in [0.1, 0.15) is 22.5 Å². The van der Waals surface area contributed by atoms with Crippen molar-refractivity contribution in [2.45, 2.75) is 12.8 Å². The fourth-order valence-corrected chi connectivity index (χ4v) is 1.26. The largest absolute Gasteiger partial charge is 0.352 e. The SMILES string of the molecule is O=C1NCCCc2[nH]ncc21. The second-order valence-corrected chi connectivity index (χ2v) is 2.62. The first kappa shape index (κ1) is 6.39. The lowest BCUT2D eigenvalue weighted by atomic mass is 10.2. The molecule has 11 heavy (non-hydrogen) atoms. The summed E-state index contributed by atoms with van der Waals surface area (Å²) in [6, 6.07) is 0. The topological polar surface area (TPSA) is 57.8 Å². The zero-order valence-electron chi connectivity index (χ0n) is 6.05. The van der Waals surface area contributed by atoms with Crippen molar-refractivity contribution in [3.05, 3.63) is 17.5 Å². The molecule has 0 saturated heterocycles. The molecule has 2 heterocycles. The highest BCUT2D eigenvalue weighted by Gasteiger charge is 2.15. The molecule has 0 radical (unpaired) electrons. The van der Waals surface area contributed by atoms with E-state index in [1.54, 1.807) is 6.20 Å². The first-order chi connectivity index (χ1) is 5.38. The van der Waals surface area contributed by atoms with Crippen LogP contribution in [-0.2, 0) is 6.42 Å². The van der Waals surface area contributed by atoms with Gasteiger partial charge in [-0.1, -0.05) is 0 Å². The van der Waals surface area contributed by atoms with E-state index in [2.05, 4.69) is 15.5 Å². The molecule has 1 aliphatic rings. The highest BCUT2D eigenvalue weighted by Crippen LogP contribution is 2.09. The Morgan fingerprint density at radius 1 is 1.55 bits per heavy atom. The monoisotopic (exact) mass is 151 g/mol. The molecular formula is C7H9N3O. The smallest absolute Gasteiger partial charge is 0.254 e. The van der Waals surface area contributed by atoms with Crippen LogP contribution >= 0.6 is 0 Å². The summed E-state index contributed by atoms with van der Waals surface area (Å²) >= 11 is 0. The molecule has 58 valence electrons. The van der Waals surface area contributed by atoms with E-state index >= 15 is 0 Å². The van der Waals surface area contributed by atoms with E-state index in [0.717, 1.165) is 25.1 Å². The van der Waals surface area contributed by atoms with Crippen LogP contribution in [0.25, 0.3) is 0 Å². The van der Waals surface area contributed by atoms with Crippen LogP contribution in [-0.4, -0.2) is 22.6 Å². The normalized spacial score (nSPS) is 16.9. The average molecular weight is 151 g/mol. The molecule has 0 saturated carbocycles. The van der Waals surface area contributed by atoms with E-state index in [-0.39, 0.29) is 5.91 Å². The number of hydrogen-bond donors (Lipinski definition) is 2. The second kappa shape index (κ2) is 2.38. The van der Waals surface area contributed by atoms with Gasteiger partial charge in [-0.05, 0) is 12.8 Å². The van der Waals surface area contributed by atoms with Crippen molar-refractivity contribution in [1.82, 2.24) is 15.5 Å². The standard InChI is InChI=1S/C7H9N3O/c11-7-5-4-9-10-6(5)2-1-3-8-7/h4H,1-3H2,(H,8,11)(H,9,10). The first-order valence-corrected chi connectivity index (χ1v) is 3.68. The Labute approximate surface area is 64.0 Å². The van der Waals surface area contributed by atoms with Gasteiger partial charge >= 0.3 is 0 Å². The molecule has 0 fully saturated rings. The van der Waals surface area contributed by atoms with E-state index in [0.29, 0.717) is 5.56 Å². The van der Waals surface area contributed by atoms with Gasteiger partial charge in [-0.2, -0.15) is 5.10 Å². The maximum atomic E-state index is 11.2. The fourth-order valence-electron chi connectivity index (χ4n) is 1.26. The van der Waals surface area contributed by atoms with Gasteiger partial charge in [0.05, 0.1) is 11.8 Å². The lowest BCUT2D eigenvalue weighted by Crippen LogP contribution is -2.22. The van der Waals surface area contributed by atoms with Crippen LogP contribution in [0.5, 0.6) is 0 Å². The molecule has 1 aromatic rings. The van der Waals surface area contributed by atoms with Crippen LogP contribution in [0.2, 0.25) is 0 Å². The third-order valence-electron chi connectivity index (χ3n) is 1.85. The van der Waals surface area contributed by atoms with Gasteiger partial charge in [-0.3, -0.25) is 9.89 Å². The Balaban J connectivity index is 2.41. The van der Waals surface area contributed by atoms with Gasteiger partial charge in [0.25, 0.3) is 5.91 Å². The Morgan fingerprint density at radius 2 is 2.45 bits per heavy atom. The van der Waals surface area contributed by atoms with Crippen molar-refractivity contribution in [2.75, 3.05) is 6.54 Å². The van der Waals surface area contributed by atoms with Crippen LogP contribution in [0, 0.1) is 0 Å². The second-order valence-electron chi connectivity index (χ2n) is 2.62. The number of aryl methyl sites for hydroxylation is 1. The molecule has 4 nitrogen and oxygen atoms in total.